The molecule has 5 rings (SSSR count). The zero-order chi connectivity index (χ0) is 19.1. The van der Waals surface area contributed by atoms with Crippen molar-refractivity contribution >= 4 is 27.4 Å². The molecule has 0 radical (unpaired) electrons. The zero-order valence-corrected chi connectivity index (χ0v) is 17.3. The van der Waals surface area contributed by atoms with Crippen LogP contribution in [0, 0.1) is 0 Å². The molecular formula is C20H26N6OS. The van der Waals surface area contributed by atoms with Crippen molar-refractivity contribution in [3.8, 4) is 0 Å². The topological polar surface area (TPSA) is 59.3 Å². The van der Waals surface area contributed by atoms with Crippen molar-refractivity contribution in [2.24, 2.45) is 7.05 Å². The van der Waals surface area contributed by atoms with E-state index in [4.69, 9.17) is 14.7 Å². The molecule has 8 heteroatoms. The Bertz CT molecular complexity index is 990. The first-order valence-electron chi connectivity index (χ1n) is 9.97. The second-order valence-electron chi connectivity index (χ2n) is 7.77. The fraction of sp³-hybridized carbons (Fsp3) is 0.550. The molecule has 148 valence electrons. The zero-order valence-electron chi connectivity index (χ0n) is 16.5. The quantitative estimate of drug-likeness (QED) is 0.658. The summed E-state index contributed by atoms with van der Waals surface area (Å²) in [4.78, 5) is 17.3. The van der Waals surface area contributed by atoms with Gasteiger partial charge in [-0.3, -0.25) is 9.58 Å². The Hall–Kier alpha value is -2.03. The van der Waals surface area contributed by atoms with E-state index >= 15 is 0 Å². The van der Waals surface area contributed by atoms with Crippen LogP contribution < -0.4 is 4.90 Å². The van der Waals surface area contributed by atoms with Crippen molar-refractivity contribution in [2.45, 2.75) is 32.4 Å². The fourth-order valence-electron chi connectivity index (χ4n) is 4.23. The highest BCUT2D eigenvalue weighted by Gasteiger charge is 2.24. The molecule has 0 saturated carbocycles. The number of thiophene rings is 1. The lowest BCUT2D eigenvalue weighted by atomic mass is 10.1. The van der Waals surface area contributed by atoms with Gasteiger partial charge in [0.05, 0.1) is 31.3 Å². The van der Waals surface area contributed by atoms with Crippen LogP contribution in [-0.4, -0.2) is 58.0 Å². The summed E-state index contributed by atoms with van der Waals surface area (Å²) in [6, 6.07) is 0. The first-order valence-corrected chi connectivity index (χ1v) is 10.8. The van der Waals surface area contributed by atoms with E-state index in [1.165, 1.54) is 34.2 Å². The predicted octanol–water partition coefficient (Wildman–Crippen LogP) is 2.38. The molecule has 1 aliphatic heterocycles. The van der Waals surface area contributed by atoms with E-state index in [0.717, 1.165) is 62.3 Å². The summed E-state index contributed by atoms with van der Waals surface area (Å²) < 4.78 is 7.33. The minimum Gasteiger partial charge on any atom is -0.379 e. The summed E-state index contributed by atoms with van der Waals surface area (Å²) >= 11 is 1.87. The van der Waals surface area contributed by atoms with Crippen LogP contribution in [0.4, 0.5) is 5.82 Å². The molecule has 0 spiro atoms. The van der Waals surface area contributed by atoms with Crippen molar-refractivity contribution in [2.75, 3.05) is 38.3 Å². The van der Waals surface area contributed by atoms with Gasteiger partial charge in [0.25, 0.3) is 0 Å². The van der Waals surface area contributed by atoms with Crippen LogP contribution in [-0.2, 0) is 37.7 Å². The van der Waals surface area contributed by atoms with Gasteiger partial charge in [0.1, 0.15) is 16.5 Å². The molecule has 3 aromatic heterocycles. The summed E-state index contributed by atoms with van der Waals surface area (Å²) in [5.74, 6) is 1.99. The highest BCUT2D eigenvalue weighted by atomic mass is 32.1. The van der Waals surface area contributed by atoms with E-state index in [1.54, 1.807) is 0 Å². The summed E-state index contributed by atoms with van der Waals surface area (Å²) in [6.45, 7) is 5.07. The molecule has 0 aromatic carbocycles. The van der Waals surface area contributed by atoms with Gasteiger partial charge in [0.15, 0.2) is 0 Å². The van der Waals surface area contributed by atoms with Gasteiger partial charge in [-0.1, -0.05) is 0 Å². The van der Waals surface area contributed by atoms with E-state index in [0.29, 0.717) is 0 Å². The summed E-state index contributed by atoms with van der Waals surface area (Å²) in [5, 5.41) is 5.58. The van der Waals surface area contributed by atoms with Crippen LogP contribution >= 0.6 is 11.3 Å². The summed E-state index contributed by atoms with van der Waals surface area (Å²) in [7, 11) is 4.09. The first kappa shape index (κ1) is 18.0. The van der Waals surface area contributed by atoms with Gasteiger partial charge >= 0.3 is 0 Å². The minimum absolute atomic E-state index is 0.787. The molecule has 1 saturated heterocycles. The molecule has 7 nitrogen and oxygen atoms in total. The third-order valence-electron chi connectivity index (χ3n) is 5.60. The number of hydrogen-bond donors (Lipinski definition) is 0. The first-order chi connectivity index (χ1) is 13.7. The predicted molar refractivity (Wildman–Crippen MR) is 111 cm³/mol. The molecule has 0 N–H and O–H groups in total. The normalized spacial score (nSPS) is 17.4. The standard InChI is InChI=1S/C20H26N6OS/c1-24(11-14-10-21-25(2)12-14)19-18-15-4-3-5-16(15)28-20(18)23-17(22-19)13-26-6-8-27-9-7-26/h10,12H,3-9,11,13H2,1-2H3. The second kappa shape index (κ2) is 7.42. The molecular weight excluding hydrogens is 372 g/mol. The van der Waals surface area contributed by atoms with Gasteiger partial charge in [0.2, 0.25) is 0 Å². The number of ether oxygens (including phenoxy) is 1. The molecule has 1 fully saturated rings. The van der Waals surface area contributed by atoms with Crippen molar-refractivity contribution in [1.82, 2.24) is 24.6 Å². The van der Waals surface area contributed by atoms with Gasteiger partial charge in [-0.15, -0.1) is 11.3 Å². The largest absolute Gasteiger partial charge is 0.379 e. The van der Waals surface area contributed by atoms with Crippen LogP contribution in [0.1, 0.15) is 28.2 Å². The van der Waals surface area contributed by atoms with Crippen LogP contribution in [0.5, 0.6) is 0 Å². The lowest BCUT2D eigenvalue weighted by molar-refractivity contribution is 0.0331. The highest BCUT2D eigenvalue weighted by Crippen LogP contribution is 2.40. The van der Waals surface area contributed by atoms with Gasteiger partial charge in [0, 0.05) is 50.4 Å². The maximum absolute atomic E-state index is 5.48. The highest BCUT2D eigenvalue weighted by molar-refractivity contribution is 7.19. The monoisotopic (exact) mass is 398 g/mol. The van der Waals surface area contributed by atoms with Crippen LogP contribution in [0.3, 0.4) is 0 Å². The number of morpholine rings is 1. The van der Waals surface area contributed by atoms with Gasteiger partial charge < -0.3 is 9.64 Å². The van der Waals surface area contributed by atoms with Crippen molar-refractivity contribution < 1.29 is 4.74 Å². The Morgan fingerprint density at radius 3 is 2.86 bits per heavy atom. The Balaban J connectivity index is 1.52. The molecule has 0 unspecified atom stereocenters. The number of aromatic nitrogens is 4. The Kier molecular flexibility index (Phi) is 4.78. The molecule has 0 atom stereocenters. The molecule has 28 heavy (non-hydrogen) atoms. The number of rotatable bonds is 5. The molecule has 0 bridgehead atoms. The Labute approximate surface area is 168 Å². The summed E-state index contributed by atoms with van der Waals surface area (Å²) in [6.07, 6.45) is 7.58. The van der Waals surface area contributed by atoms with Crippen LogP contribution in [0.2, 0.25) is 0 Å². The van der Waals surface area contributed by atoms with Crippen LogP contribution in [0.15, 0.2) is 12.4 Å². The Morgan fingerprint density at radius 2 is 2.07 bits per heavy atom. The van der Waals surface area contributed by atoms with Crippen molar-refractivity contribution in [1.29, 1.82) is 0 Å². The fourth-order valence-corrected chi connectivity index (χ4v) is 5.50. The number of nitrogens with zero attached hydrogens (tertiary/aromatic N) is 6. The molecule has 2 aliphatic rings. The maximum atomic E-state index is 5.48. The van der Waals surface area contributed by atoms with Gasteiger partial charge in [-0.2, -0.15) is 5.10 Å². The Morgan fingerprint density at radius 1 is 1.21 bits per heavy atom. The lowest BCUT2D eigenvalue weighted by Gasteiger charge is -2.26. The van der Waals surface area contributed by atoms with E-state index in [2.05, 4.69) is 28.1 Å². The van der Waals surface area contributed by atoms with E-state index in [1.807, 2.05) is 29.3 Å². The average Bonchev–Trinajstić information content (AvgIpc) is 3.38. The average molecular weight is 399 g/mol. The van der Waals surface area contributed by atoms with Crippen LogP contribution in [0.25, 0.3) is 10.2 Å². The number of fused-ring (bicyclic) bond motifs is 3. The number of anilines is 1. The molecule has 1 aliphatic carbocycles. The number of hydrogen-bond acceptors (Lipinski definition) is 7. The third kappa shape index (κ3) is 3.40. The molecule has 4 heterocycles. The molecule has 3 aromatic rings. The maximum Gasteiger partial charge on any atom is 0.146 e. The van der Waals surface area contributed by atoms with E-state index in [9.17, 15) is 0 Å². The third-order valence-corrected chi connectivity index (χ3v) is 6.79. The number of aryl methyl sites for hydroxylation is 3. The smallest absolute Gasteiger partial charge is 0.146 e. The molecule has 0 amide bonds. The van der Waals surface area contributed by atoms with Crippen molar-refractivity contribution in [3.63, 3.8) is 0 Å². The van der Waals surface area contributed by atoms with Gasteiger partial charge in [-0.25, -0.2) is 9.97 Å². The SMILES string of the molecule is CN(Cc1cnn(C)c1)c1nc(CN2CCOCC2)nc2sc3c(c12)CCC3. The second-order valence-corrected chi connectivity index (χ2v) is 8.85. The van der Waals surface area contributed by atoms with Crippen molar-refractivity contribution in [3.05, 3.63) is 34.2 Å². The summed E-state index contributed by atoms with van der Waals surface area (Å²) in [5.41, 5.74) is 2.67. The van der Waals surface area contributed by atoms with E-state index in [-0.39, 0.29) is 0 Å². The minimum atomic E-state index is 0.787. The lowest BCUT2D eigenvalue weighted by Crippen LogP contribution is -2.36. The van der Waals surface area contributed by atoms with E-state index < -0.39 is 0 Å². The van der Waals surface area contributed by atoms with Gasteiger partial charge in [-0.05, 0) is 24.8 Å².